The van der Waals surface area contributed by atoms with Crippen molar-refractivity contribution in [3.05, 3.63) is 41.8 Å². The van der Waals surface area contributed by atoms with Gasteiger partial charge in [-0.1, -0.05) is 11.6 Å². The maximum absolute atomic E-state index is 12.2. The lowest BCUT2D eigenvalue weighted by Gasteiger charge is -2.32. The van der Waals surface area contributed by atoms with Crippen LogP contribution in [0.5, 0.6) is 0 Å². The Morgan fingerprint density at radius 1 is 1.14 bits per heavy atom. The number of halogens is 1. The number of rotatable bonds is 3. The Kier molecular flexibility index (Phi) is 4.48. The number of aromatic nitrogens is 3. The van der Waals surface area contributed by atoms with E-state index < -0.39 is 0 Å². The molecule has 6 nitrogen and oxygen atoms in total. The molecule has 1 fully saturated rings. The first kappa shape index (κ1) is 14.7. The van der Waals surface area contributed by atoms with E-state index >= 15 is 0 Å². The topological polar surface area (TPSA) is 71.0 Å². The normalized spacial score (nSPS) is 15.6. The zero-order chi connectivity index (χ0) is 15.4. The highest BCUT2D eigenvalue weighted by molar-refractivity contribution is 6.32. The summed E-state index contributed by atoms with van der Waals surface area (Å²) in [5, 5.41) is 3.40. The number of anilines is 2. The monoisotopic (exact) mass is 317 g/mol. The van der Waals surface area contributed by atoms with Gasteiger partial charge in [0.15, 0.2) is 0 Å². The van der Waals surface area contributed by atoms with E-state index in [1.54, 1.807) is 24.7 Å². The second kappa shape index (κ2) is 6.70. The first-order valence-electron chi connectivity index (χ1n) is 7.17. The molecule has 1 saturated heterocycles. The van der Waals surface area contributed by atoms with Crippen LogP contribution in [0, 0.1) is 5.92 Å². The molecule has 1 aliphatic heterocycles. The van der Waals surface area contributed by atoms with Crippen molar-refractivity contribution in [3.8, 4) is 0 Å². The van der Waals surface area contributed by atoms with Crippen molar-refractivity contribution in [3.63, 3.8) is 0 Å². The molecule has 3 rings (SSSR count). The Balaban J connectivity index is 1.58. The van der Waals surface area contributed by atoms with Crippen LogP contribution in [0.2, 0.25) is 5.02 Å². The lowest BCUT2D eigenvalue weighted by molar-refractivity contribution is -0.120. The highest BCUT2D eigenvalue weighted by Gasteiger charge is 2.26. The molecule has 0 atom stereocenters. The molecule has 2 aromatic heterocycles. The predicted octanol–water partition coefficient (Wildman–Crippen LogP) is 2.38. The minimum Gasteiger partial charge on any atom is -0.355 e. The third kappa shape index (κ3) is 3.33. The van der Waals surface area contributed by atoms with Crippen molar-refractivity contribution in [2.24, 2.45) is 5.92 Å². The van der Waals surface area contributed by atoms with Gasteiger partial charge in [0, 0.05) is 37.6 Å². The fraction of sp³-hybridized carbons (Fsp3) is 0.333. The third-order valence-corrected chi connectivity index (χ3v) is 4.00. The first-order chi connectivity index (χ1) is 10.7. The fourth-order valence-corrected chi connectivity index (χ4v) is 2.78. The Morgan fingerprint density at radius 3 is 2.50 bits per heavy atom. The second-order valence-electron chi connectivity index (χ2n) is 5.13. The molecular weight excluding hydrogens is 302 g/mol. The number of carbonyl (C=O) groups excluding carboxylic acids is 1. The van der Waals surface area contributed by atoms with Gasteiger partial charge in [-0.25, -0.2) is 15.0 Å². The van der Waals surface area contributed by atoms with Gasteiger partial charge in [0.05, 0.1) is 5.02 Å². The summed E-state index contributed by atoms with van der Waals surface area (Å²) >= 11 is 6.16. The van der Waals surface area contributed by atoms with Crippen molar-refractivity contribution in [1.82, 2.24) is 15.0 Å². The van der Waals surface area contributed by atoms with Crippen LogP contribution in [0.15, 0.2) is 36.8 Å². The van der Waals surface area contributed by atoms with Crippen molar-refractivity contribution < 1.29 is 4.79 Å². The minimum atomic E-state index is -0.0393. The Bertz CT molecular complexity index is 643. The summed E-state index contributed by atoms with van der Waals surface area (Å²) < 4.78 is 0. The molecule has 7 heteroatoms. The largest absolute Gasteiger partial charge is 0.355 e. The van der Waals surface area contributed by atoms with Gasteiger partial charge in [0.25, 0.3) is 0 Å². The van der Waals surface area contributed by atoms with Gasteiger partial charge in [-0.15, -0.1) is 0 Å². The van der Waals surface area contributed by atoms with E-state index in [4.69, 9.17) is 11.6 Å². The minimum absolute atomic E-state index is 0.0297. The van der Waals surface area contributed by atoms with Gasteiger partial charge in [-0.05, 0) is 31.0 Å². The molecule has 114 valence electrons. The number of pyridine rings is 1. The van der Waals surface area contributed by atoms with E-state index in [2.05, 4.69) is 25.2 Å². The molecule has 0 aliphatic carbocycles. The molecule has 0 radical (unpaired) electrons. The molecule has 1 aliphatic rings. The fourth-order valence-electron chi connectivity index (χ4n) is 2.54. The lowest BCUT2D eigenvalue weighted by Crippen LogP contribution is -2.38. The Labute approximate surface area is 133 Å². The van der Waals surface area contributed by atoms with Crippen LogP contribution in [0.1, 0.15) is 12.8 Å². The maximum Gasteiger partial charge on any atom is 0.229 e. The van der Waals surface area contributed by atoms with Crippen molar-refractivity contribution in [2.75, 3.05) is 23.3 Å². The molecule has 0 bridgehead atoms. The average Bonchev–Trinajstić information content (AvgIpc) is 2.56. The van der Waals surface area contributed by atoms with E-state index in [0.29, 0.717) is 11.0 Å². The summed E-state index contributed by atoms with van der Waals surface area (Å²) in [4.78, 5) is 26.7. The standard InChI is InChI=1S/C15H16ClN5O/c16-12-3-1-6-17-13(12)21-9-4-11(5-10-21)14(22)20-15-18-7-2-8-19-15/h1-3,6-8,11H,4-5,9-10H2,(H,18,19,20,22). The van der Waals surface area contributed by atoms with Gasteiger partial charge in [0.2, 0.25) is 11.9 Å². The van der Waals surface area contributed by atoms with Gasteiger partial charge >= 0.3 is 0 Å². The Hall–Kier alpha value is -2.21. The molecule has 0 unspecified atom stereocenters. The zero-order valence-corrected chi connectivity index (χ0v) is 12.7. The van der Waals surface area contributed by atoms with Gasteiger partial charge in [-0.3, -0.25) is 10.1 Å². The van der Waals surface area contributed by atoms with E-state index in [0.717, 1.165) is 31.7 Å². The number of nitrogens with zero attached hydrogens (tertiary/aromatic N) is 4. The van der Waals surface area contributed by atoms with Gasteiger partial charge in [-0.2, -0.15) is 0 Å². The Morgan fingerprint density at radius 2 is 1.82 bits per heavy atom. The summed E-state index contributed by atoms with van der Waals surface area (Å²) in [6.07, 6.45) is 6.45. The number of piperidine rings is 1. The molecule has 0 saturated carbocycles. The molecule has 2 aromatic rings. The lowest BCUT2D eigenvalue weighted by atomic mass is 9.96. The van der Waals surface area contributed by atoms with Crippen molar-refractivity contribution in [2.45, 2.75) is 12.8 Å². The first-order valence-corrected chi connectivity index (χ1v) is 7.55. The third-order valence-electron chi connectivity index (χ3n) is 3.71. The predicted molar refractivity (Wildman–Crippen MR) is 84.8 cm³/mol. The molecule has 1 amide bonds. The van der Waals surface area contributed by atoms with E-state index in [1.807, 2.05) is 12.1 Å². The smallest absolute Gasteiger partial charge is 0.229 e. The molecular formula is C15H16ClN5O. The number of amides is 1. The summed E-state index contributed by atoms with van der Waals surface area (Å²) in [6, 6.07) is 5.35. The summed E-state index contributed by atoms with van der Waals surface area (Å²) in [5.74, 6) is 1.07. The van der Waals surface area contributed by atoms with Crippen LogP contribution in [0.25, 0.3) is 0 Å². The highest BCUT2D eigenvalue weighted by Crippen LogP contribution is 2.27. The van der Waals surface area contributed by atoms with Crippen LogP contribution < -0.4 is 10.2 Å². The van der Waals surface area contributed by atoms with Crippen LogP contribution in [-0.4, -0.2) is 33.9 Å². The van der Waals surface area contributed by atoms with E-state index in [1.165, 1.54) is 0 Å². The van der Waals surface area contributed by atoms with Crippen LogP contribution in [0.4, 0.5) is 11.8 Å². The second-order valence-corrected chi connectivity index (χ2v) is 5.54. The van der Waals surface area contributed by atoms with Crippen molar-refractivity contribution >= 4 is 29.3 Å². The molecule has 0 spiro atoms. The number of nitrogens with one attached hydrogen (secondary N) is 1. The van der Waals surface area contributed by atoms with E-state index in [9.17, 15) is 4.79 Å². The molecule has 22 heavy (non-hydrogen) atoms. The van der Waals surface area contributed by atoms with Gasteiger partial charge in [0.1, 0.15) is 5.82 Å². The molecule has 1 N–H and O–H groups in total. The number of carbonyl (C=O) groups is 1. The van der Waals surface area contributed by atoms with Crippen LogP contribution in [-0.2, 0) is 4.79 Å². The summed E-state index contributed by atoms with van der Waals surface area (Å²) in [5.41, 5.74) is 0. The highest BCUT2D eigenvalue weighted by atomic mass is 35.5. The number of hydrogen-bond acceptors (Lipinski definition) is 5. The summed E-state index contributed by atoms with van der Waals surface area (Å²) in [6.45, 7) is 1.51. The van der Waals surface area contributed by atoms with Crippen molar-refractivity contribution in [1.29, 1.82) is 0 Å². The summed E-state index contributed by atoms with van der Waals surface area (Å²) in [7, 11) is 0. The molecule has 3 heterocycles. The van der Waals surface area contributed by atoms with Crippen LogP contribution in [0.3, 0.4) is 0 Å². The SMILES string of the molecule is O=C(Nc1ncccn1)C1CCN(c2ncccc2Cl)CC1. The van der Waals surface area contributed by atoms with Crippen LogP contribution >= 0.6 is 11.6 Å². The average molecular weight is 318 g/mol. The van der Waals surface area contributed by atoms with E-state index in [-0.39, 0.29) is 11.8 Å². The zero-order valence-electron chi connectivity index (χ0n) is 11.9. The quantitative estimate of drug-likeness (QED) is 0.941. The number of hydrogen-bond donors (Lipinski definition) is 1. The van der Waals surface area contributed by atoms with Gasteiger partial charge < -0.3 is 4.90 Å². The molecule has 0 aromatic carbocycles. The maximum atomic E-state index is 12.2.